The lowest BCUT2D eigenvalue weighted by atomic mass is 10.1. The maximum atomic E-state index is 6.05. The van der Waals surface area contributed by atoms with E-state index < -0.39 is 6.04 Å². The molecular formula is C13H17N3O2. The van der Waals surface area contributed by atoms with Gasteiger partial charge in [0.2, 0.25) is 5.89 Å². The molecule has 18 heavy (non-hydrogen) atoms. The van der Waals surface area contributed by atoms with Crippen molar-refractivity contribution in [2.24, 2.45) is 5.73 Å². The van der Waals surface area contributed by atoms with Crippen molar-refractivity contribution in [2.45, 2.75) is 26.0 Å². The molecule has 0 spiro atoms. The molecule has 0 amide bonds. The van der Waals surface area contributed by atoms with Crippen LogP contribution in [0, 0.1) is 0 Å². The van der Waals surface area contributed by atoms with Gasteiger partial charge in [0, 0.05) is 6.61 Å². The molecular weight excluding hydrogens is 230 g/mol. The Hall–Kier alpha value is -1.72. The highest BCUT2D eigenvalue weighted by Crippen LogP contribution is 2.17. The van der Waals surface area contributed by atoms with E-state index in [1.807, 2.05) is 37.3 Å². The van der Waals surface area contributed by atoms with Crippen LogP contribution >= 0.6 is 0 Å². The Balaban J connectivity index is 2.01. The zero-order valence-electron chi connectivity index (χ0n) is 10.4. The first-order chi connectivity index (χ1) is 8.81. The van der Waals surface area contributed by atoms with Crippen molar-refractivity contribution < 1.29 is 9.26 Å². The van der Waals surface area contributed by atoms with E-state index in [4.69, 9.17) is 15.0 Å². The minimum atomic E-state index is -0.390. The van der Waals surface area contributed by atoms with Crippen molar-refractivity contribution in [3.05, 3.63) is 47.6 Å². The first-order valence-electron chi connectivity index (χ1n) is 6.02. The lowest BCUT2D eigenvalue weighted by Crippen LogP contribution is -2.12. The summed E-state index contributed by atoms with van der Waals surface area (Å²) < 4.78 is 10.5. The van der Waals surface area contributed by atoms with Gasteiger partial charge in [0.25, 0.3) is 0 Å². The lowest BCUT2D eigenvalue weighted by Gasteiger charge is -2.05. The van der Waals surface area contributed by atoms with Crippen molar-refractivity contribution in [3.8, 4) is 0 Å². The molecule has 1 heterocycles. The summed E-state index contributed by atoms with van der Waals surface area (Å²) in [7, 11) is 0. The second-order valence-corrected chi connectivity index (χ2v) is 3.99. The molecule has 2 N–H and O–H groups in total. The minimum absolute atomic E-state index is 0.360. The summed E-state index contributed by atoms with van der Waals surface area (Å²) in [6.07, 6.45) is 0.967. The normalized spacial score (nSPS) is 12.6. The summed E-state index contributed by atoms with van der Waals surface area (Å²) in [5.41, 5.74) is 6.99. The van der Waals surface area contributed by atoms with Gasteiger partial charge in [-0.05, 0) is 12.0 Å². The van der Waals surface area contributed by atoms with E-state index in [0.717, 1.165) is 12.0 Å². The molecule has 1 atom stereocenters. The first-order valence-corrected chi connectivity index (χ1v) is 6.02. The molecule has 0 bridgehead atoms. The number of hydrogen-bond donors (Lipinski definition) is 1. The molecule has 1 aromatic heterocycles. The molecule has 0 aliphatic heterocycles. The molecule has 0 aliphatic carbocycles. The first kappa shape index (κ1) is 12.7. The molecule has 0 saturated heterocycles. The fourth-order valence-corrected chi connectivity index (χ4v) is 1.56. The third-order valence-electron chi connectivity index (χ3n) is 2.49. The Morgan fingerprint density at radius 2 is 2.11 bits per heavy atom. The van der Waals surface area contributed by atoms with E-state index in [9.17, 15) is 0 Å². The summed E-state index contributed by atoms with van der Waals surface area (Å²) in [6, 6.07) is 9.27. The van der Waals surface area contributed by atoms with Crippen LogP contribution in [0.1, 0.15) is 36.7 Å². The van der Waals surface area contributed by atoms with Crippen LogP contribution in [-0.4, -0.2) is 16.7 Å². The molecule has 5 heteroatoms. The summed E-state index contributed by atoms with van der Waals surface area (Å²) in [6.45, 7) is 3.10. The summed E-state index contributed by atoms with van der Waals surface area (Å²) in [4.78, 5) is 4.23. The third kappa shape index (κ3) is 3.15. The lowest BCUT2D eigenvalue weighted by molar-refractivity contribution is 0.114. The Morgan fingerprint density at radius 3 is 2.83 bits per heavy atom. The fraction of sp³-hybridized carbons (Fsp3) is 0.385. The van der Waals surface area contributed by atoms with E-state index in [1.165, 1.54) is 0 Å². The number of benzene rings is 1. The third-order valence-corrected chi connectivity index (χ3v) is 2.49. The highest BCUT2D eigenvalue weighted by molar-refractivity contribution is 5.22. The van der Waals surface area contributed by atoms with Crippen LogP contribution in [-0.2, 0) is 11.3 Å². The number of aromatic nitrogens is 2. The van der Waals surface area contributed by atoms with Gasteiger partial charge >= 0.3 is 0 Å². The molecule has 2 rings (SSSR count). The van der Waals surface area contributed by atoms with Crippen molar-refractivity contribution >= 4 is 0 Å². The predicted octanol–water partition coefficient (Wildman–Crippen LogP) is 2.04. The fourth-order valence-electron chi connectivity index (χ4n) is 1.56. The topological polar surface area (TPSA) is 74.2 Å². The van der Waals surface area contributed by atoms with Crippen LogP contribution in [0.5, 0.6) is 0 Å². The summed E-state index contributed by atoms with van der Waals surface area (Å²) in [5.74, 6) is 0.945. The highest BCUT2D eigenvalue weighted by atomic mass is 16.5. The molecule has 0 saturated carbocycles. The van der Waals surface area contributed by atoms with E-state index in [-0.39, 0.29) is 0 Å². The van der Waals surface area contributed by atoms with Crippen molar-refractivity contribution in [2.75, 3.05) is 6.61 Å². The van der Waals surface area contributed by atoms with Crippen molar-refractivity contribution in [1.82, 2.24) is 10.1 Å². The standard InChI is InChI=1S/C13H17N3O2/c1-2-8-17-9-11-15-13(18-16-11)12(14)10-6-4-3-5-7-10/h3-7,12H,2,8-9,14H2,1H3. The van der Waals surface area contributed by atoms with E-state index in [2.05, 4.69) is 10.1 Å². The second-order valence-electron chi connectivity index (χ2n) is 3.99. The Kier molecular flexibility index (Phi) is 4.44. The van der Waals surface area contributed by atoms with Gasteiger partial charge in [-0.3, -0.25) is 0 Å². The Morgan fingerprint density at radius 1 is 1.33 bits per heavy atom. The molecule has 0 radical (unpaired) electrons. The van der Waals surface area contributed by atoms with Crippen molar-refractivity contribution in [3.63, 3.8) is 0 Å². The second kappa shape index (κ2) is 6.28. The van der Waals surface area contributed by atoms with Gasteiger partial charge < -0.3 is 15.0 Å². The number of hydrogen-bond acceptors (Lipinski definition) is 5. The SMILES string of the molecule is CCCOCc1noc(C(N)c2ccccc2)n1. The van der Waals surface area contributed by atoms with Gasteiger partial charge in [-0.2, -0.15) is 4.98 Å². The van der Waals surface area contributed by atoms with Crippen LogP contribution < -0.4 is 5.73 Å². The van der Waals surface area contributed by atoms with E-state index in [0.29, 0.717) is 24.9 Å². The quantitative estimate of drug-likeness (QED) is 0.791. The number of ether oxygens (including phenoxy) is 1. The van der Waals surface area contributed by atoms with Crippen LogP contribution in [0.3, 0.4) is 0 Å². The molecule has 1 unspecified atom stereocenters. The molecule has 2 aromatic rings. The van der Waals surface area contributed by atoms with Crippen LogP contribution in [0.25, 0.3) is 0 Å². The average Bonchev–Trinajstić information content (AvgIpc) is 2.88. The maximum Gasteiger partial charge on any atom is 0.248 e. The average molecular weight is 247 g/mol. The predicted molar refractivity (Wildman–Crippen MR) is 66.7 cm³/mol. The van der Waals surface area contributed by atoms with Gasteiger partial charge in [0.05, 0.1) is 0 Å². The van der Waals surface area contributed by atoms with Crippen LogP contribution in [0.2, 0.25) is 0 Å². The molecule has 96 valence electrons. The zero-order chi connectivity index (χ0) is 12.8. The molecule has 0 fully saturated rings. The summed E-state index contributed by atoms with van der Waals surface area (Å²) >= 11 is 0. The number of rotatable bonds is 6. The van der Waals surface area contributed by atoms with Crippen molar-refractivity contribution in [1.29, 1.82) is 0 Å². The Bertz CT molecular complexity index is 470. The van der Waals surface area contributed by atoms with Gasteiger partial charge in [-0.25, -0.2) is 0 Å². The zero-order valence-corrected chi connectivity index (χ0v) is 10.4. The molecule has 1 aromatic carbocycles. The monoisotopic (exact) mass is 247 g/mol. The highest BCUT2D eigenvalue weighted by Gasteiger charge is 2.16. The van der Waals surface area contributed by atoms with Crippen LogP contribution in [0.4, 0.5) is 0 Å². The smallest absolute Gasteiger partial charge is 0.248 e. The molecule has 0 aliphatic rings. The van der Waals surface area contributed by atoms with Gasteiger partial charge in [0.1, 0.15) is 12.6 Å². The maximum absolute atomic E-state index is 6.05. The number of nitrogens with two attached hydrogens (primary N) is 1. The minimum Gasteiger partial charge on any atom is -0.373 e. The Labute approximate surface area is 106 Å². The van der Waals surface area contributed by atoms with Gasteiger partial charge in [-0.1, -0.05) is 42.4 Å². The molecule has 5 nitrogen and oxygen atoms in total. The summed E-state index contributed by atoms with van der Waals surface area (Å²) in [5, 5.41) is 3.84. The number of nitrogens with zero attached hydrogens (tertiary/aromatic N) is 2. The van der Waals surface area contributed by atoms with Gasteiger partial charge in [-0.15, -0.1) is 0 Å². The van der Waals surface area contributed by atoms with E-state index in [1.54, 1.807) is 0 Å². The van der Waals surface area contributed by atoms with E-state index >= 15 is 0 Å². The largest absolute Gasteiger partial charge is 0.373 e. The van der Waals surface area contributed by atoms with Crippen LogP contribution in [0.15, 0.2) is 34.9 Å². The van der Waals surface area contributed by atoms with Gasteiger partial charge in [0.15, 0.2) is 5.82 Å².